The number of benzene rings is 2. The van der Waals surface area contributed by atoms with Gasteiger partial charge in [0.05, 0.1) is 11.0 Å². The van der Waals surface area contributed by atoms with Gasteiger partial charge in [0, 0.05) is 20.2 Å². The van der Waals surface area contributed by atoms with Gasteiger partial charge in [-0.2, -0.15) is 0 Å². The maximum absolute atomic E-state index is 9.44. The monoisotopic (exact) mass is 370 g/mol. The van der Waals surface area contributed by atoms with E-state index in [1.807, 2.05) is 18.2 Å². The van der Waals surface area contributed by atoms with Crippen molar-refractivity contribution in [3.63, 3.8) is 0 Å². The molecular weight excluding hydrogens is 363 g/mol. The number of phenols is 1. The molecule has 0 saturated carbocycles. The van der Waals surface area contributed by atoms with Crippen LogP contribution >= 0.6 is 34.2 Å². The maximum Gasteiger partial charge on any atom is 0.139 e. The second-order valence-electron chi connectivity index (χ2n) is 3.91. The maximum atomic E-state index is 9.44. The fraction of sp³-hybridized carbons (Fsp3) is 0. The summed E-state index contributed by atoms with van der Waals surface area (Å²) < 4.78 is 1.07. The molecule has 0 saturated heterocycles. The molecule has 3 rings (SSSR count). The molecule has 5 heteroatoms. The highest BCUT2D eigenvalue weighted by Gasteiger charge is 2.09. The minimum Gasteiger partial charge on any atom is -0.508 e. The Labute approximate surface area is 122 Å². The van der Waals surface area contributed by atoms with Crippen molar-refractivity contribution < 1.29 is 5.11 Å². The van der Waals surface area contributed by atoms with Gasteiger partial charge in [0.15, 0.2) is 0 Å². The number of H-pyrrole nitrogens is 1. The van der Waals surface area contributed by atoms with Gasteiger partial charge in [0.25, 0.3) is 0 Å². The van der Waals surface area contributed by atoms with Crippen LogP contribution in [-0.4, -0.2) is 15.1 Å². The lowest BCUT2D eigenvalue weighted by Gasteiger charge is -2.01. The van der Waals surface area contributed by atoms with Gasteiger partial charge >= 0.3 is 0 Å². The normalized spacial score (nSPS) is 11.0. The van der Waals surface area contributed by atoms with Crippen LogP contribution in [-0.2, 0) is 0 Å². The van der Waals surface area contributed by atoms with Crippen molar-refractivity contribution in [2.75, 3.05) is 0 Å². The molecule has 2 N–H and O–H groups in total. The highest BCUT2D eigenvalue weighted by Crippen LogP contribution is 2.28. The summed E-state index contributed by atoms with van der Waals surface area (Å²) in [5.41, 5.74) is 2.58. The molecule has 0 atom stereocenters. The van der Waals surface area contributed by atoms with Crippen LogP contribution in [0.4, 0.5) is 0 Å². The zero-order valence-corrected chi connectivity index (χ0v) is 12.0. The van der Waals surface area contributed by atoms with Crippen molar-refractivity contribution in [2.24, 2.45) is 0 Å². The van der Waals surface area contributed by atoms with E-state index >= 15 is 0 Å². The molecule has 0 aliphatic carbocycles. The van der Waals surface area contributed by atoms with E-state index in [0.717, 1.165) is 26.0 Å². The fourth-order valence-corrected chi connectivity index (χ4v) is 2.57. The molecule has 0 fully saturated rings. The van der Waals surface area contributed by atoms with Crippen LogP contribution in [0.15, 0.2) is 36.4 Å². The van der Waals surface area contributed by atoms with Crippen LogP contribution < -0.4 is 0 Å². The van der Waals surface area contributed by atoms with Crippen molar-refractivity contribution in [1.29, 1.82) is 0 Å². The number of phenolic OH excluding ortho intramolecular Hbond substituents is 1. The van der Waals surface area contributed by atoms with Crippen LogP contribution in [0.5, 0.6) is 5.75 Å². The topological polar surface area (TPSA) is 48.9 Å². The molecule has 3 aromatic rings. The second-order valence-corrected chi connectivity index (χ2v) is 5.51. The molecule has 0 amide bonds. The average molecular weight is 371 g/mol. The quantitative estimate of drug-likeness (QED) is 0.631. The van der Waals surface area contributed by atoms with Gasteiger partial charge in [0.2, 0.25) is 0 Å². The number of halogens is 2. The Hall–Kier alpha value is -1.27. The van der Waals surface area contributed by atoms with E-state index in [2.05, 4.69) is 32.6 Å². The first-order chi connectivity index (χ1) is 8.63. The molecule has 0 spiro atoms. The lowest BCUT2D eigenvalue weighted by atomic mass is 10.2. The first-order valence-corrected chi connectivity index (χ1v) is 6.73. The van der Waals surface area contributed by atoms with Crippen molar-refractivity contribution in [2.45, 2.75) is 0 Å². The highest BCUT2D eigenvalue weighted by molar-refractivity contribution is 14.1. The van der Waals surface area contributed by atoms with Crippen molar-refractivity contribution >= 4 is 45.2 Å². The summed E-state index contributed by atoms with van der Waals surface area (Å²) in [7, 11) is 0. The van der Waals surface area contributed by atoms with Gasteiger partial charge in [-0.25, -0.2) is 4.98 Å². The summed E-state index contributed by atoms with van der Waals surface area (Å²) in [5, 5.41) is 10.1. The zero-order chi connectivity index (χ0) is 12.7. The summed E-state index contributed by atoms with van der Waals surface area (Å²) in [6.07, 6.45) is 0. The van der Waals surface area contributed by atoms with E-state index in [-0.39, 0.29) is 5.75 Å². The summed E-state index contributed by atoms with van der Waals surface area (Å²) in [6, 6.07) is 10.7. The number of fused-ring (bicyclic) bond motifs is 1. The smallest absolute Gasteiger partial charge is 0.139 e. The Kier molecular flexibility index (Phi) is 2.91. The van der Waals surface area contributed by atoms with E-state index in [9.17, 15) is 5.11 Å². The molecule has 1 heterocycles. The van der Waals surface area contributed by atoms with Crippen molar-refractivity contribution in [3.8, 4) is 17.1 Å². The molecule has 0 aliphatic rings. The summed E-state index contributed by atoms with van der Waals surface area (Å²) in [4.78, 5) is 7.68. The van der Waals surface area contributed by atoms with Crippen LogP contribution in [0.3, 0.4) is 0 Å². The lowest BCUT2D eigenvalue weighted by molar-refractivity contribution is 0.476. The van der Waals surface area contributed by atoms with E-state index in [1.165, 1.54) is 0 Å². The Morgan fingerprint density at radius 1 is 1.17 bits per heavy atom. The lowest BCUT2D eigenvalue weighted by Crippen LogP contribution is -1.84. The third kappa shape index (κ3) is 2.06. The molecular formula is C13H8ClIN2O. The van der Waals surface area contributed by atoms with Gasteiger partial charge in [-0.3, -0.25) is 0 Å². The standard InChI is InChI=1S/C13H8ClIN2O/c14-7-1-3-10(15)9(5-7)13-16-11-4-2-8(18)6-12(11)17-13/h1-6,18H,(H,16,17). The molecule has 0 unspecified atom stereocenters. The molecule has 0 aliphatic heterocycles. The van der Waals surface area contributed by atoms with E-state index < -0.39 is 0 Å². The van der Waals surface area contributed by atoms with Crippen LogP contribution in [0, 0.1) is 3.57 Å². The van der Waals surface area contributed by atoms with Gasteiger partial charge in [-0.1, -0.05) is 11.6 Å². The molecule has 90 valence electrons. The Morgan fingerprint density at radius 3 is 2.83 bits per heavy atom. The van der Waals surface area contributed by atoms with Crippen LogP contribution in [0.25, 0.3) is 22.4 Å². The number of nitrogens with one attached hydrogen (secondary N) is 1. The van der Waals surface area contributed by atoms with Gasteiger partial charge < -0.3 is 10.1 Å². The number of nitrogens with zero attached hydrogens (tertiary/aromatic N) is 1. The first kappa shape index (κ1) is 11.8. The predicted octanol–water partition coefficient (Wildman–Crippen LogP) is 4.19. The summed E-state index contributed by atoms with van der Waals surface area (Å²) in [6.45, 7) is 0. The number of hydrogen-bond donors (Lipinski definition) is 2. The van der Waals surface area contributed by atoms with Crippen LogP contribution in [0.2, 0.25) is 5.02 Å². The number of rotatable bonds is 1. The third-order valence-electron chi connectivity index (χ3n) is 2.65. The Balaban J connectivity index is 2.22. The number of hydrogen-bond acceptors (Lipinski definition) is 2. The first-order valence-electron chi connectivity index (χ1n) is 5.27. The number of aromatic amines is 1. The fourth-order valence-electron chi connectivity index (χ4n) is 1.80. The van der Waals surface area contributed by atoms with Gasteiger partial charge in [-0.15, -0.1) is 0 Å². The molecule has 3 nitrogen and oxygen atoms in total. The van der Waals surface area contributed by atoms with E-state index in [0.29, 0.717) is 5.02 Å². The minimum atomic E-state index is 0.221. The highest BCUT2D eigenvalue weighted by atomic mass is 127. The minimum absolute atomic E-state index is 0.221. The van der Waals surface area contributed by atoms with Gasteiger partial charge in [-0.05, 0) is 52.9 Å². The molecule has 18 heavy (non-hydrogen) atoms. The average Bonchev–Trinajstić information content (AvgIpc) is 2.74. The largest absolute Gasteiger partial charge is 0.508 e. The Bertz CT molecular complexity index is 739. The number of aromatic hydroxyl groups is 1. The summed E-state index contributed by atoms with van der Waals surface area (Å²) in [5.74, 6) is 0.973. The van der Waals surface area contributed by atoms with E-state index in [1.54, 1.807) is 18.2 Å². The van der Waals surface area contributed by atoms with Crippen molar-refractivity contribution in [1.82, 2.24) is 9.97 Å². The molecule has 0 radical (unpaired) electrons. The molecule has 0 bridgehead atoms. The SMILES string of the molecule is Oc1ccc2nc(-c3cc(Cl)ccc3I)[nH]c2c1. The molecule has 2 aromatic carbocycles. The summed E-state index contributed by atoms with van der Waals surface area (Å²) >= 11 is 8.25. The third-order valence-corrected chi connectivity index (χ3v) is 3.82. The number of aromatic nitrogens is 2. The predicted molar refractivity (Wildman–Crippen MR) is 80.9 cm³/mol. The zero-order valence-electron chi connectivity index (χ0n) is 9.11. The van der Waals surface area contributed by atoms with E-state index in [4.69, 9.17) is 11.6 Å². The second kappa shape index (κ2) is 4.44. The molecule has 1 aromatic heterocycles. The Morgan fingerprint density at radius 2 is 2.00 bits per heavy atom. The number of imidazole rings is 1. The van der Waals surface area contributed by atoms with Gasteiger partial charge in [0.1, 0.15) is 11.6 Å². The van der Waals surface area contributed by atoms with Crippen molar-refractivity contribution in [3.05, 3.63) is 45.0 Å². The van der Waals surface area contributed by atoms with Crippen LogP contribution in [0.1, 0.15) is 0 Å².